The summed E-state index contributed by atoms with van der Waals surface area (Å²) in [6.45, 7) is 0. The van der Waals surface area contributed by atoms with E-state index < -0.39 is 0 Å². The lowest BCUT2D eigenvalue weighted by Crippen LogP contribution is -2.17. The zero-order valence-electron chi connectivity index (χ0n) is 29.6. The topological polar surface area (TPSA) is 74.8 Å². The molecule has 0 unspecified atom stereocenters. The molecule has 6 heteroatoms. The maximum atomic E-state index is 9.57. The highest BCUT2D eigenvalue weighted by molar-refractivity contribution is 6.27. The Morgan fingerprint density at radius 2 is 1.20 bits per heavy atom. The van der Waals surface area contributed by atoms with Gasteiger partial charge in [-0.15, -0.1) is 0 Å². The molecule has 0 fully saturated rings. The predicted molar refractivity (Wildman–Crippen MR) is 227 cm³/mol. The van der Waals surface area contributed by atoms with Crippen molar-refractivity contribution in [2.45, 2.75) is 0 Å². The van der Waals surface area contributed by atoms with E-state index >= 15 is 0 Å². The summed E-state index contributed by atoms with van der Waals surface area (Å²) < 4.78 is 4.72. The fourth-order valence-corrected chi connectivity index (χ4v) is 8.36. The molecule has 0 spiro atoms. The van der Waals surface area contributed by atoms with Crippen LogP contribution in [0.1, 0.15) is 5.56 Å². The van der Waals surface area contributed by atoms with Crippen molar-refractivity contribution in [2.75, 3.05) is 0 Å². The summed E-state index contributed by atoms with van der Waals surface area (Å²) in [6.07, 6.45) is 0. The summed E-state index contributed by atoms with van der Waals surface area (Å²) in [5.74, 6) is 0.115. The van der Waals surface area contributed by atoms with Gasteiger partial charge >= 0.3 is 0 Å². The number of para-hydroxylation sites is 4. The van der Waals surface area contributed by atoms with Gasteiger partial charge in [0.15, 0.2) is 5.84 Å². The Balaban J connectivity index is 1.21. The SMILES string of the molecule is N=C(/N=c1/nc(-c2ccccc2)c2ccccc2[nH]1)c1ccccc1-n1c2ccccc2c2ccc3c(c4cc5ccccc5cc4n3-c3ccccc3)c21. The number of H-pyrrole nitrogens is 1. The largest absolute Gasteiger partial charge is 0.323 e. The van der Waals surface area contributed by atoms with E-state index in [-0.39, 0.29) is 5.84 Å². The van der Waals surface area contributed by atoms with Crippen LogP contribution in [-0.2, 0) is 0 Å². The zero-order valence-corrected chi connectivity index (χ0v) is 29.6. The van der Waals surface area contributed by atoms with Gasteiger partial charge in [-0.25, -0.2) is 4.98 Å². The van der Waals surface area contributed by atoms with Crippen molar-refractivity contribution in [3.8, 4) is 22.6 Å². The first-order valence-electron chi connectivity index (χ1n) is 18.4. The molecule has 0 radical (unpaired) electrons. The molecule has 8 aromatic carbocycles. The van der Waals surface area contributed by atoms with Crippen molar-refractivity contribution in [3.63, 3.8) is 0 Å². The van der Waals surface area contributed by atoms with Gasteiger partial charge in [0.2, 0.25) is 5.62 Å². The standard InChI is InChI=1S/C49H32N6/c50-48(53-49-51-40-24-12-9-22-37(40)46(52-49)31-15-3-1-4-16-31)38-23-11-14-26-42(38)55-41-25-13-10-21-35(41)36-27-28-43-45(47(36)55)39-29-32-17-7-8-18-33(32)30-44(39)54(43)34-19-5-2-6-20-34/h1-30H,(H2,50,51,52,53). The van der Waals surface area contributed by atoms with Crippen LogP contribution in [-0.4, -0.2) is 24.9 Å². The van der Waals surface area contributed by atoms with E-state index in [4.69, 9.17) is 9.98 Å². The maximum Gasteiger partial charge on any atom is 0.229 e. The smallest absolute Gasteiger partial charge is 0.229 e. The molecule has 55 heavy (non-hydrogen) atoms. The van der Waals surface area contributed by atoms with Gasteiger partial charge in [-0.1, -0.05) is 127 Å². The number of hydrogen-bond donors (Lipinski definition) is 2. The first kappa shape index (κ1) is 31.0. The van der Waals surface area contributed by atoms with Gasteiger partial charge in [0, 0.05) is 43.7 Å². The number of rotatable bonds is 4. The number of nitrogens with zero attached hydrogens (tertiary/aromatic N) is 4. The Morgan fingerprint density at radius 1 is 0.527 bits per heavy atom. The molecule has 3 heterocycles. The third kappa shape index (κ3) is 4.85. The molecule has 6 nitrogen and oxygen atoms in total. The Morgan fingerprint density at radius 3 is 2.04 bits per heavy atom. The average Bonchev–Trinajstić information content (AvgIpc) is 3.75. The van der Waals surface area contributed by atoms with Gasteiger partial charge in [-0.05, 0) is 65.4 Å². The van der Waals surface area contributed by atoms with Gasteiger partial charge in [0.25, 0.3) is 0 Å². The number of amidine groups is 1. The van der Waals surface area contributed by atoms with Crippen LogP contribution in [0.5, 0.6) is 0 Å². The summed E-state index contributed by atoms with van der Waals surface area (Å²) in [4.78, 5) is 13.3. The van der Waals surface area contributed by atoms with Crippen LogP contribution in [0.2, 0.25) is 0 Å². The number of benzene rings is 8. The van der Waals surface area contributed by atoms with Crippen molar-refractivity contribution in [2.24, 2.45) is 4.99 Å². The molecule has 11 aromatic rings. The van der Waals surface area contributed by atoms with E-state index in [1.807, 2.05) is 54.6 Å². The molecule has 0 bridgehead atoms. The predicted octanol–water partition coefficient (Wildman–Crippen LogP) is 11.5. The molecule has 0 aliphatic carbocycles. The Bertz CT molecular complexity index is 3390. The maximum absolute atomic E-state index is 9.57. The van der Waals surface area contributed by atoms with Crippen LogP contribution < -0.4 is 5.62 Å². The summed E-state index contributed by atoms with van der Waals surface area (Å²) in [5.41, 5.74) is 10.2. The van der Waals surface area contributed by atoms with Crippen molar-refractivity contribution >= 4 is 71.1 Å². The molecule has 0 amide bonds. The first-order valence-corrected chi connectivity index (χ1v) is 18.4. The number of fused-ring (bicyclic) bond motifs is 9. The van der Waals surface area contributed by atoms with Gasteiger partial charge in [-0.2, -0.15) is 4.99 Å². The Labute approximate surface area is 315 Å². The molecule has 0 atom stereocenters. The van der Waals surface area contributed by atoms with Gasteiger partial charge in [-0.3, -0.25) is 5.41 Å². The summed E-state index contributed by atoms with van der Waals surface area (Å²) in [5, 5.41) is 17.6. The molecule has 258 valence electrons. The third-order valence-electron chi connectivity index (χ3n) is 10.8. The van der Waals surface area contributed by atoms with Gasteiger partial charge in [0.05, 0.1) is 39.0 Å². The highest BCUT2D eigenvalue weighted by atomic mass is 15.0. The molecule has 11 rings (SSSR count). The minimum absolute atomic E-state index is 0.115. The number of aromatic nitrogens is 4. The molecular weight excluding hydrogens is 673 g/mol. The zero-order chi connectivity index (χ0) is 36.5. The fourth-order valence-electron chi connectivity index (χ4n) is 8.36. The lowest BCUT2D eigenvalue weighted by Gasteiger charge is -2.14. The lowest BCUT2D eigenvalue weighted by molar-refractivity contribution is 1.05. The van der Waals surface area contributed by atoms with Crippen molar-refractivity contribution in [1.82, 2.24) is 19.1 Å². The van der Waals surface area contributed by atoms with E-state index in [1.165, 1.54) is 16.2 Å². The molecule has 0 saturated carbocycles. The highest BCUT2D eigenvalue weighted by Gasteiger charge is 2.23. The molecule has 0 aliphatic rings. The Kier molecular flexibility index (Phi) is 6.91. The van der Waals surface area contributed by atoms with Crippen LogP contribution in [0.4, 0.5) is 0 Å². The number of hydrogen-bond acceptors (Lipinski definition) is 2. The second-order valence-corrected chi connectivity index (χ2v) is 13.9. The Hall–Kier alpha value is -7.57. The minimum atomic E-state index is 0.115. The number of nitrogens with one attached hydrogen (secondary N) is 2. The van der Waals surface area contributed by atoms with Crippen LogP contribution in [0, 0.1) is 5.41 Å². The van der Waals surface area contributed by atoms with Crippen molar-refractivity contribution in [3.05, 3.63) is 193 Å². The minimum Gasteiger partial charge on any atom is -0.323 e. The van der Waals surface area contributed by atoms with Crippen molar-refractivity contribution < 1.29 is 0 Å². The fraction of sp³-hybridized carbons (Fsp3) is 0. The van der Waals surface area contributed by atoms with E-state index in [1.54, 1.807) is 0 Å². The highest BCUT2D eigenvalue weighted by Crippen LogP contribution is 2.43. The van der Waals surface area contributed by atoms with Crippen LogP contribution in [0.25, 0.3) is 87.9 Å². The van der Waals surface area contributed by atoms with Crippen LogP contribution in [0.3, 0.4) is 0 Å². The molecule has 0 aliphatic heterocycles. The van der Waals surface area contributed by atoms with Crippen LogP contribution in [0.15, 0.2) is 187 Å². The van der Waals surface area contributed by atoms with Gasteiger partial charge in [0.1, 0.15) is 0 Å². The van der Waals surface area contributed by atoms with Crippen LogP contribution >= 0.6 is 0 Å². The summed E-state index contributed by atoms with van der Waals surface area (Å²) in [7, 11) is 0. The van der Waals surface area contributed by atoms with E-state index in [0.29, 0.717) is 11.2 Å². The summed E-state index contributed by atoms with van der Waals surface area (Å²) in [6, 6.07) is 63.3. The summed E-state index contributed by atoms with van der Waals surface area (Å²) >= 11 is 0. The van der Waals surface area contributed by atoms with Gasteiger partial charge < -0.3 is 14.1 Å². The lowest BCUT2D eigenvalue weighted by atomic mass is 10.0. The quantitative estimate of drug-likeness (QED) is 0.139. The van der Waals surface area contributed by atoms with E-state index in [9.17, 15) is 5.41 Å². The molecule has 0 saturated heterocycles. The second-order valence-electron chi connectivity index (χ2n) is 13.9. The number of aromatic amines is 1. The van der Waals surface area contributed by atoms with E-state index in [0.717, 1.165) is 71.8 Å². The monoisotopic (exact) mass is 704 g/mol. The normalized spacial score (nSPS) is 12.2. The van der Waals surface area contributed by atoms with Crippen molar-refractivity contribution in [1.29, 1.82) is 5.41 Å². The van der Waals surface area contributed by atoms with E-state index in [2.05, 4.69) is 142 Å². The molecular formula is C49H32N6. The molecule has 3 aromatic heterocycles. The average molecular weight is 705 g/mol. The third-order valence-corrected chi connectivity index (χ3v) is 10.8. The molecule has 2 N–H and O–H groups in total. The second kappa shape index (κ2) is 12.3. The first-order chi connectivity index (χ1) is 27.2.